The van der Waals surface area contributed by atoms with Crippen molar-refractivity contribution in [2.75, 3.05) is 6.54 Å². The Hall–Kier alpha value is -0.720. The molecule has 2 unspecified atom stereocenters. The Balaban J connectivity index is 2.31. The first kappa shape index (κ1) is 9.82. The minimum atomic E-state index is 0.742. The summed E-state index contributed by atoms with van der Waals surface area (Å²) in [6, 6.07) is 0.757. The van der Waals surface area contributed by atoms with Gasteiger partial charge in [0.15, 0.2) is 0 Å². The summed E-state index contributed by atoms with van der Waals surface area (Å²) in [6.07, 6.45) is 8.47. The van der Waals surface area contributed by atoms with Crippen LogP contribution >= 0.6 is 0 Å². The first-order chi connectivity index (χ1) is 6.79. The van der Waals surface area contributed by atoms with Gasteiger partial charge in [-0.05, 0) is 31.8 Å². The molecule has 0 aromatic carbocycles. The molecule has 0 aromatic rings. The molecule has 0 bridgehead atoms. The van der Waals surface area contributed by atoms with Crippen LogP contribution < -0.4 is 0 Å². The van der Waals surface area contributed by atoms with Crippen LogP contribution in [0.5, 0.6) is 0 Å². The van der Waals surface area contributed by atoms with E-state index in [1.54, 1.807) is 11.3 Å². The second-order valence-corrected chi connectivity index (χ2v) is 4.39. The zero-order chi connectivity index (χ0) is 10.1. The molecule has 2 atom stereocenters. The summed E-state index contributed by atoms with van der Waals surface area (Å²) in [7, 11) is 0. The molecule has 0 saturated heterocycles. The molecule has 0 saturated carbocycles. The molecule has 1 aliphatic heterocycles. The molecule has 78 valence electrons. The molecule has 0 fully saturated rings. The van der Waals surface area contributed by atoms with Gasteiger partial charge in [-0.15, -0.1) is 0 Å². The third kappa shape index (κ3) is 1.30. The Labute approximate surface area is 87.5 Å². The Morgan fingerprint density at radius 3 is 2.86 bits per heavy atom. The summed E-state index contributed by atoms with van der Waals surface area (Å²) in [5.74, 6) is 0.742. The summed E-state index contributed by atoms with van der Waals surface area (Å²) in [6.45, 7) is 8.15. The molecule has 1 nitrogen and oxygen atoms in total. The average Bonchev–Trinajstić information content (AvgIpc) is 2.51. The highest BCUT2D eigenvalue weighted by Crippen LogP contribution is 2.39. The number of allylic oxidation sites excluding steroid dienone is 3. The monoisotopic (exact) mass is 191 g/mol. The van der Waals surface area contributed by atoms with Gasteiger partial charge in [0.1, 0.15) is 0 Å². The lowest BCUT2D eigenvalue weighted by molar-refractivity contribution is 0.243. The van der Waals surface area contributed by atoms with Crippen molar-refractivity contribution in [2.24, 2.45) is 5.92 Å². The maximum Gasteiger partial charge on any atom is 0.0350 e. The average molecular weight is 191 g/mol. The lowest BCUT2D eigenvalue weighted by Gasteiger charge is -2.29. The van der Waals surface area contributed by atoms with Gasteiger partial charge in [0.2, 0.25) is 0 Å². The van der Waals surface area contributed by atoms with Crippen molar-refractivity contribution in [1.29, 1.82) is 0 Å². The number of rotatable bonds is 2. The Kier molecular flexibility index (Phi) is 2.66. The van der Waals surface area contributed by atoms with Crippen LogP contribution in [0.4, 0.5) is 0 Å². The topological polar surface area (TPSA) is 3.24 Å². The Bertz CT molecular complexity index is 275. The summed E-state index contributed by atoms with van der Waals surface area (Å²) >= 11 is 0. The van der Waals surface area contributed by atoms with Crippen molar-refractivity contribution in [3.8, 4) is 0 Å². The van der Waals surface area contributed by atoms with Gasteiger partial charge in [-0.3, -0.25) is 0 Å². The van der Waals surface area contributed by atoms with Crippen LogP contribution in [0.25, 0.3) is 0 Å². The highest BCUT2D eigenvalue weighted by molar-refractivity contribution is 5.36. The summed E-state index contributed by atoms with van der Waals surface area (Å²) in [4.78, 5) is 2.63. The molecular weight excluding hydrogens is 170 g/mol. The lowest BCUT2D eigenvalue weighted by atomic mass is 9.92. The number of hydrogen-bond donors (Lipinski definition) is 0. The molecular formula is C13H21N. The third-order valence-corrected chi connectivity index (χ3v) is 3.75. The van der Waals surface area contributed by atoms with Crippen LogP contribution in [0.15, 0.2) is 23.4 Å². The van der Waals surface area contributed by atoms with E-state index < -0.39 is 0 Å². The van der Waals surface area contributed by atoms with E-state index in [1.807, 2.05) is 0 Å². The second kappa shape index (κ2) is 3.80. The van der Waals surface area contributed by atoms with Gasteiger partial charge in [0, 0.05) is 24.2 Å². The third-order valence-electron chi connectivity index (χ3n) is 3.75. The molecule has 0 radical (unpaired) electrons. The predicted molar refractivity (Wildman–Crippen MR) is 61.0 cm³/mol. The fraction of sp³-hybridized carbons (Fsp3) is 0.692. The van der Waals surface area contributed by atoms with E-state index in [0.717, 1.165) is 12.0 Å². The lowest BCUT2D eigenvalue weighted by Crippen LogP contribution is -2.32. The fourth-order valence-electron chi connectivity index (χ4n) is 3.07. The zero-order valence-electron chi connectivity index (χ0n) is 9.59. The minimum Gasteiger partial charge on any atom is -0.371 e. The van der Waals surface area contributed by atoms with Crippen LogP contribution in [0, 0.1) is 5.92 Å². The molecule has 2 rings (SSSR count). The van der Waals surface area contributed by atoms with E-state index in [1.165, 1.54) is 25.8 Å². The van der Waals surface area contributed by atoms with E-state index >= 15 is 0 Å². The van der Waals surface area contributed by atoms with Crippen molar-refractivity contribution in [3.63, 3.8) is 0 Å². The zero-order valence-corrected chi connectivity index (χ0v) is 9.59. The summed E-state index contributed by atoms with van der Waals surface area (Å²) in [5.41, 5.74) is 3.25. The second-order valence-electron chi connectivity index (χ2n) is 4.39. The van der Waals surface area contributed by atoms with Crippen LogP contribution in [0.3, 0.4) is 0 Å². The summed E-state index contributed by atoms with van der Waals surface area (Å²) in [5, 5.41) is 0. The smallest absolute Gasteiger partial charge is 0.0350 e. The number of nitrogens with zero attached hydrogens (tertiary/aromatic N) is 1. The molecule has 0 aromatic heterocycles. The molecule has 1 aliphatic carbocycles. The highest BCUT2D eigenvalue weighted by atomic mass is 15.2. The van der Waals surface area contributed by atoms with Crippen LogP contribution in [-0.4, -0.2) is 17.5 Å². The number of hydrogen-bond acceptors (Lipinski definition) is 1. The van der Waals surface area contributed by atoms with Gasteiger partial charge < -0.3 is 4.90 Å². The Morgan fingerprint density at radius 2 is 2.21 bits per heavy atom. The van der Waals surface area contributed by atoms with Crippen LogP contribution in [-0.2, 0) is 0 Å². The van der Waals surface area contributed by atoms with E-state index in [0.29, 0.717) is 0 Å². The predicted octanol–water partition coefficient (Wildman–Crippen LogP) is 3.34. The van der Waals surface area contributed by atoms with Crippen LogP contribution in [0.2, 0.25) is 0 Å². The van der Waals surface area contributed by atoms with Crippen molar-refractivity contribution < 1.29 is 0 Å². The van der Waals surface area contributed by atoms with Gasteiger partial charge in [-0.1, -0.05) is 26.0 Å². The minimum absolute atomic E-state index is 0.742. The standard InChI is InChI=1S/C13H21N/c1-4-12-10(3)11-8-6-7-9-13(11)14(12)5-2/h6,8,10,12H,4-5,7,9H2,1-3H3. The molecule has 0 N–H and O–H groups in total. The first-order valence-electron chi connectivity index (χ1n) is 5.95. The molecule has 1 heteroatoms. The largest absolute Gasteiger partial charge is 0.371 e. The van der Waals surface area contributed by atoms with Crippen molar-refractivity contribution in [3.05, 3.63) is 23.4 Å². The molecule has 0 amide bonds. The van der Waals surface area contributed by atoms with Gasteiger partial charge in [0.25, 0.3) is 0 Å². The van der Waals surface area contributed by atoms with E-state index in [-0.39, 0.29) is 0 Å². The van der Waals surface area contributed by atoms with Gasteiger partial charge >= 0.3 is 0 Å². The molecule has 2 aliphatic rings. The molecule has 1 heterocycles. The fourth-order valence-corrected chi connectivity index (χ4v) is 3.07. The van der Waals surface area contributed by atoms with Gasteiger partial charge in [-0.2, -0.15) is 0 Å². The van der Waals surface area contributed by atoms with Crippen LogP contribution in [0.1, 0.15) is 40.0 Å². The first-order valence-corrected chi connectivity index (χ1v) is 5.95. The van der Waals surface area contributed by atoms with E-state index in [2.05, 4.69) is 37.8 Å². The van der Waals surface area contributed by atoms with E-state index in [9.17, 15) is 0 Å². The van der Waals surface area contributed by atoms with Crippen molar-refractivity contribution >= 4 is 0 Å². The quantitative estimate of drug-likeness (QED) is 0.647. The maximum absolute atomic E-state index is 2.63. The maximum atomic E-state index is 2.63. The highest BCUT2D eigenvalue weighted by Gasteiger charge is 2.34. The van der Waals surface area contributed by atoms with Crippen molar-refractivity contribution in [1.82, 2.24) is 4.90 Å². The SMILES string of the molecule is CCC1C(C)C2=C(CCC=C2)N1CC. The summed E-state index contributed by atoms with van der Waals surface area (Å²) < 4.78 is 0. The molecule has 0 spiro atoms. The van der Waals surface area contributed by atoms with E-state index in [4.69, 9.17) is 0 Å². The van der Waals surface area contributed by atoms with Gasteiger partial charge in [0.05, 0.1) is 0 Å². The van der Waals surface area contributed by atoms with Crippen molar-refractivity contribution in [2.45, 2.75) is 46.1 Å². The normalized spacial score (nSPS) is 31.2. The molecule has 14 heavy (non-hydrogen) atoms. The Morgan fingerprint density at radius 1 is 1.43 bits per heavy atom. The van der Waals surface area contributed by atoms with Gasteiger partial charge in [-0.25, -0.2) is 0 Å².